The molecule has 3 heteroatoms. The number of pyridine rings is 1. The van der Waals surface area contributed by atoms with Crippen LogP contribution in [0.1, 0.15) is 46.7 Å². The zero-order chi connectivity index (χ0) is 12.3. The first-order chi connectivity index (χ1) is 7.52. The molecule has 1 aromatic rings. The predicted molar refractivity (Wildman–Crippen MR) is 65.8 cm³/mol. The fraction of sp³-hybridized carbons (Fsp3) is 0.538. The molecule has 3 nitrogen and oxygen atoms in total. The van der Waals surface area contributed by atoms with E-state index in [1.54, 1.807) is 0 Å². The normalized spacial score (nSPS) is 10.3. The van der Waals surface area contributed by atoms with Gasteiger partial charge in [-0.2, -0.15) is 0 Å². The zero-order valence-corrected chi connectivity index (χ0v) is 10.8. The second-order valence-electron chi connectivity index (χ2n) is 3.99. The number of rotatable bonds is 3. The molecule has 0 radical (unpaired) electrons. The molecule has 1 N–H and O–H groups in total. The largest absolute Gasteiger partial charge is 0.351 e. The highest BCUT2D eigenvalue weighted by Crippen LogP contribution is 2.19. The maximum atomic E-state index is 11.9. The smallest absolute Gasteiger partial charge is 0.270 e. The van der Waals surface area contributed by atoms with Crippen LogP contribution in [-0.4, -0.2) is 17.4 Å². The van der Waals surface area contributed by atoms with Gasteiger partial charge in [0, 0.05) is 12.2 Å². The number of carbonyl (C=O) groups excluding carboxylic acids is 1. The fourth-order valence-corrected chi connectivity index (χ4v) is 1.86. The number of aromatic nitrogens is 1. The molecule has 16 heavy (non-hydrogen) atoms. The monoisotopic (exact) mass is 220 g/mol. The maximum Gasteiger partial charge on any atom is 0.270 e. The van der Waals surface area contributed by atoms with Gasteiger partial charge in [-0.15, -0.1) is 0 Å². The Morgan fingerprint density at radius 2 is 1.81 bits per heavy atom. The van der Waals surface area contributed by atoms with Gasteiger partial charge < -0.3 is 5.32 Å². The minimum absolute atomic E-state index is 0.0643. The van der Waals surface area contributed by atoms with Crippen molar-refractivity contribution in [1.82, 2.24) is 10.3 Å². The quantitative estimate of drug-likeness (QED) is 0.849. The topological polar surface area (TPSA) is 42.0 Å². The van der Waals surface area contributed by atoms with Gasteiger partial charge >= 0.3 is 0 Å². The molecule has 1 amide bonds. The Balaban J connectivity index is 3.33. The number of aryl methyl sites for hydroxylation is 1. The lowest BCUT2D eigenvalue weighted by atomic mass is 9.98. The fourth-order valence-electron chi connectivity index (χ4n) is 1.86. The molecule has 0 spiro atoms. The van der Waals surface area contributed by atoms with Gasteiger partial charge in [0.2, 0.25) is 0 Å². The standard InChI is InChI=1S/C13H20N2O/c1-6-11-9(4)8(3)10(5)15-12(11)13(16)14-7-2/h6-7H2,1-5H3,(H,14,16). The second-order valence-corrected chi connectivity index (χ2v) is 3.99. The lowest BCUT2D eigenvalue weighted by Gasteiger charge is -2.14. The Kier molecular flexibility index (Phi) is 4.05. The van der Waals surface area contributed by atoms with Crippen LogP contribution in [-0.2, 0) is 6.42 Å². The molecule has 0 atom stereocenters. The Labute approximate surface area is 97.3 Å². The summed E-state index contributed by atoms with van der Waals surface area (Å²) < 4.78 is 0. The van der Waals surface area contributed by atoms with E-state index in [4.69, 9.17) is 0 Å². The van der Waals surface area contributed by atoms with E-state index in [2.05, 4.69) is 31.1 Å². The van der Waals surface area contributed by atoms with Gasteiger partial charge in [-0.05, 0) is 50.8 Å². The van der Waals surface area contributed by atoms with E-state index in [0.29, 0.717) is 12.2 Å². The third kappa shape index (κ3) is 2.23. The lowest BCUT2D eigenvalue weighted by Crippen LogP contribution is -2.26. The van der Waals surface area contributed by atoms with Crippen molar-refractivity contribution in [3.8, 4) is 0 Å². The first-order valence-corrected chi connectivity index (χ1v) is 5.77. The zero-order valence-electron chi connectivity index (χ0n) is 10.8. The predicted octanol–water partition coefficient (Wildman–Crippen LogP) is 2.32. The minimum atomic E-state index is -0.0643. The molecule has 0 bridgehead atoms. The van der Waals surface area contributed by atoms with Gasteiger partial charge in [0.1, 0.15) is 5.69 Å². The van der Waals surface area contributed by atoms with Gasteiger partial charge in [-0.25, -0.2) is 4.98 Å². The molecular formula is C13H20N2O. The van der Waals surface area contributed by atoms with Crippen molar-refractivity contribution in [2.24, 2.45) is 0 Å². The molecule has 1 aromatic heterocycles. The van der Waals surface area contributed by atoms with Crippen LogP contribution in [0.25, 0.3) is 0 Å². The molecule has 0 aliphatic carbocycles. The van der Waals surface area contributed by atoms with E-state index in [0.717, 1.165) is 17.7 Å². The average molecular weight is 220 g/mol. The van der Waals surface area contributed by atoms with Crippen molar-refractivity contribution >= 4 is 5.91 Å². The summed E-state index contributed by atoms with van der Waals surface area (Å²) in [6.07, 6.45) is 0.840. The maximum absolute atomic E-state index is 11.9. The lowest BCUT2D eigenvalue weighted by molar-refractivity contribution is 0.0949. The van der Waals surface area contributed by atoms with Crippen LogP contribution in [0.3, 0.4) is 0 Å². The van der Waals surface area contributed by atoms with E-state index in [-0.39, 0.29) is 5.91 Å². The molecular weight excluding hydrogens is 200 g/mol. The summed E-state index contributed by atoms with van der Waals surface area (Å²) >= 11 is 0. The van der Waals surface area contributed by atoms with Crippen molar-refractivity contribution in [3.05, 3.63) is 28.1 Å². The number of carbonyl (C=O) groups is 1. The van der Waals surface area contributed by atoms with Crippen LogP contribution in [0.4, 0.5) is 0 Å². The summed E-state index contributed by atoms with van der Waals surface area (Å²) in [5.74, 6) is -0.0643. The molecule has 88 valence electrons. The number of amides is 1. The first kappa shape index (κ1) is 12.7. The van der Waals surface area contributed by atoms with E-state index >= 15 is 0 Å². The van der Waals surface area contributed by atoms with Gasteiger partial charge in [-0.3, -0.25) is 4.79 Å². The summed E-state index contributed by atoms with van der Waals surface area (Å²) in [5.41, 5.74) is 4.97. The van der Waals surface area contributed by atoms with Crippen LogP contribution >= 0.6 is 0 Å². The van der Waals surface area contributed by atoms with E-state index < -0.39 is 0 Å². The van der Waals surface area contributed by atoms with Crippen LogP contribution in [0, 0.1) is 20.8 Å². The third-order valence-corrected chi connectivity index (χ3v) is 3.03. The molecule has 0 aliphatic rings. The Morgan fingerprint density at radius 3 is 2.31 bits per heavy atom. The molecule has 1 heterocycles. The highest BCUT2D eigenvalue weighted by molar-refractivity contribution is 5.94. The molecule has 0 saturated carbocycles. The average Bonchev–Trinajstić information content (AvgIpc) is 2.26. The Bertz CT molecular complexity index is 411. The molecule has 0 saturated heterocycles. The van der Waals surface area contributed by atoms with E-state index in [1.807, 2.05) is 13.8 Å². The van der Waals surface area contributed by atoms with Crippen LogP contribution in [0.2, 0.25) is 0 Å². The van der Waals surface area contributed by atoms with Crippen molar-refractivity contribution in [2.45, 2.75) is 41.0 Å². The SMILES string of the molecule is CCNC(=O)c1nc(C)c(C)c(C)c1CC. The van der Waals surface area contributed by atoms with Crippen LogP contribution < -0.4 is 5.32 Å². The summed E-state index contributed by atoms with van der Waals surface area (Å²) in [6, 6.07) is 0. The van der Waals surface area contributed by atoms with Gasteiger partial charge in [-0.1, -0.05) is 6.92 Å². The Morgan fingerprint density at radius 1 is 1.19 bits per heavy atom. The van der Waals surface area contributed by atoms with E-state index in [1.165, 1.54) is 11.1 Å². The number of hydrogen-bond acceptors (Lipinski definition) is 2. The van der Waals surface area contributed by atoms with Crippen molar-refractivity contribution in [3.63, 3.8) is 0 Å². The summed E-state index contributed by atoms with van der Waals surface area (Å²) in [4.78, 5) is 16.3. The summed E-state index contributed by atoms with van der Waals surface area (Å²) in [5, 5.41) is 2.81. The molecule has 0 aromatic carbocycles. The Hall–Kier alpha value is -1.38. The second kappa shape index (κ2) is 5.10. The number of nitrogens with zero attached hydrogens (tertiary/aromatic N) is 1. The number of nitrogens with one attached hydrogen (secondary N) is 1. The van der Waals surface area contributed by atoms with Crippen LogP contribution in [0.15, 0.2) is 0 Å². The minimum Gasteiger partial charge on any atom is -0.351 e. The molecule has 0 aliphatic heterocycles. The van der Waals surface area contributed by atoms with Crippen molar-refractivity contribution < 1.29 is 4.79 Å². The van der Waals surface area contributed by atoms with Gasteiger partial charge in [0.15, 0.2) is 0 Å². The first-order valence-electron chi connectivity index (χ1n) is 5.77. The summed E-state index contributed by atoms with van der Waals surface area (Å²) in [7, 11) is 0. The molecule has 0 fully saturated rings. The summed E-state index contributed by atoms with van der Waals surface area (Å²) in [6.45, 7) is 10.7. The van der Waals surface area contributed by atoms with Gasteiger partial charge in [0.05, 0.1) is 0 Å². The van der Waals surface area contributed by atoms with Gasteiger partial charge in [0.25, 0.3) is 5.91 Å². The van der Waals surface area contributed by atoms with Crippen molar-refractivity contribution in [1.29, 1.82) is 0 Å². The number of hydrogen-bond donors (Lipinski definition) is 1. The molecule has 0 unspecified atom stereocenters. The highest BCUT2D eigenvalue weighted by Gasteiger charge is 2.16. The van der Waals surface area contributed by atoms with E-state index in [9.17, 15) is 4.79 Å². The highest BCUT2D eigenvalue weighted by atomic mass is 16.1. The molecule has 1 rings (SSSR count). The van der Waals surface area contributed by atoms with Crippen molar-refractivity contribution in [2.75, 3.05) is 6.54 Å². The van der Waals surface area contributed by atoms with Crippen LogP contribution in [0.5, 0.6) is 0 Å². The third-order valence-electron chi connectivity index (χ3n) is 3.03.